The minimum absolute atomic E-state index is 0.164. The van der Waals surface area contributed by atoms with Gasteiger partial charge in [0.05, 0.1) is 6.61 Å². The number of rotatable bonds is 5. The Bertz CT molecular complexity index is 332. The zero-order chi connectivity index (χ0) is 12.8. The standard InChI is InChI=1S/C16H25NO/c1-13(12-18)17-16(14-8-4-2-5-9-14)15-10-6-3-7-11-15/h2,4-5,8-9,13,15-18H,3,6-7,10-12H2,1H3/t13-,16?/m1/s1. The molecule has 0 saturated heterocycles. The third kappa shape index (κ3) is 3.56. The molecule has 2 nitrogen and oxygen atoms in total. The van der Waals surface area contributed by atoms with Crippen molar-refractivity contribution < 1.29 is 5.11 Å². The summed E-state index contributed by atoms with van der Waals surface area (Å²) in [6.07, 6.45) is 6.70. The Morgan fingerprint density at radius 2 is 1.83 bits per heavy atom. The van der Waals surface area contributed by atoms with E-state index in [-0.39, 0.29) is 12.6 Å². The van der Waals surface area contributed by atoms with Gasteiger partial charge in [0.2, 0.25) is 0 Å². The first-order valence-electron chi connectivity index (χ1n) is 7.23. The first kappa shape index (κ1) is 13.6. The van der Waals surface area contributed by atoms with Crippen LogP contribution in [0, 0.1) is 5.92 Å². The van der Waals surface area contributed by atoms with Crippen molar-refractivity contribution in [1.29, 1.82) is 0 Å². The molecule has 2 N–H and O–H groups in total. The quantitative estimate of drug-likeness (QED) is 0.837. The molecular weight excluding hydrogens is 222 g/mol. The Morgan fingerprint density at radius 1 is 1.17 bits per heavy atom. The first-order chi connectivity index (χ1) is 8.81. The van der Waals surface area contributed by atoms with Gasteiger partial charge >= 0.3 is 0 Å². The van der Waals surface area contributed by atoms with E-state index in [0.717, 1.165) is 5.92 Å². The largest absolute Gasteiger partial charge is 0.395 e. The fraction of sp³-hybridized carbons (Fsp3) is 0.625. The van der Waals surface area contributed by atoms with Crippen molar-refractivity contribution in [1.82, 2.24) is 5.32 Å². The number of aliphatic hydroxyl groups is 1. The third-order valence-electron chi connectivity index (χ3n) is 4.02. The van der Waals surface area contributed by atoms with E-state index in [9.17, 15) is 5.11 Å². The number of aliphatic hydroxyl groups excluding tert-OH is 1. The van der Waals surface area contributed by atoms with Gasteiger partial charge in [0, 0.05) is 12.1 Å². The van der Waals surface area contributed by atoms with Crippen LogP contribution in [0.15, 0.2) is 30.3 Å². The number of hydrogen-bond acceptors (Lipinski definition) is 2. The second-order valence-electron chi connectivity index (χ2n) is 5.54. The van der Waals surface area contributed by atoms with E-state index in [1.807, 2.05) is 0 Å². The Hall–Kier alpha value is -0.860. The van der Waals surface area contributed by atoms with E-state index in [1.165, 1.54) is 37.7 Å². The summed E-state index contributed by atoms with van der Waals surface area (Å²) in [6.45, 7) is 2.26. The van der Waals surface area contributed by atoms with Crippen LogP contribution in [0.3, 0.4) is 0 Å². The molecule has 0 aliphatic heterocycles. The van der Waals surface area contributed by atoms with Crippen LogP contribution in [0.25, 0.3) is 0 Å². The average molecular weight is 247 g/mol. The monoisotopic (exact) mass is 247 g/mol. The zero-order valence-corrected chi connectivity index (χ0v) is 11.3. The summed E-state index contributed by atoms with van der Waals surface area (Å²) < 4.78 is 0. The van der Waals surface area contributed by atoms with E-state index < -0.39 is 0 Å². The molecule has 1 unspecified atom stereocenters. The Morgan fingerprint density at radius 3 is 2.44 bits per heavy atom. The molecule has 1 saturated carbocycles. The minimum atomic E-state index is 0.164. The second kappa shape index (κ2) is 6.91. The lowest BCUT2D eigenvalue weighted by Crippen LogP contribution is -2.37. The van der Waals surface area contributed by atoms with Crippen molar-refractivity contribution >= 4 is 0 Å². The summed E-state index contributed by atoms with van der Waals surface area (Å²) in [7, 11) is 0. The van der Waals surface area contributed by atoms with Crippen LogP contribution in [-0.4, -0.2) is 17.8 Å². The smallest absolute Gasteiger partial charge is 0.0582 e. The number of benzene rings is 1. The van der Waals surface area contributed by atoms with Gasteiger partial charge in [-0.15, -0.1) is 0 Å². The maximum atomic E-state index is 9.27. The fourth-order valence-electron chi connectivity index (χ4n) is 2.99. The average Bonchev–Trinajstić information content (AvgIpc) is 2.46. The molecule has 1 aromatic rings. The zero-order valence-electron chi connectivity index (χ0n) is 11.3. The molecule has 0 radical (unpaired) electrons. The van der Waals surface area contributed by atoms with Gasteiger partial charge in [-0.3, -0.25) is 0 Å². The molecule has 1 aliphatic carbocycles. The van der Waals surface area contributed by atoms with Gasteiger partial charge in [-0.1, -0.05) is 49.6 Å². The highest BCUT2D eigenvalue weighted by atomic mass is 16.3. The van der Waals surface area contributed by atoms with Crippen molar-refractivity contribution in [3.05, 3.63) is 35.9 Å². The normalized spacial score (nSPS) is 20.6. The highest BCUT2D eigenvalue weighted by Crippen LogP contribution is 2.34. The Balaban J connectivity index is 2.11. The lowest BCUT2D eigenvalue weighted by molar-refractivity contribution is 0.204. The van der Waals surface area contributed by atoms with Crippen LogP contribution in [0.1, 0.15) is 50.6 Å². The molecule has 1 fully saturated rings. The molecule has 0 bridgehead atoms. The molecule has 0 amide bonds. The van der Waals surface area contributed by atoms with Gasteiger partial charge in [-0.25, -0.2) is 0 Å². The van der Waals surface area contributed by atoms with Crippen LogP contribution in [0.2, 0.25) is 0 Å². The SMILES string of the molecule is C[C@H](CO)NC(c1ccccc1)C1CCCCC1. The van der Waals surface area contributed by atoms with Crippen LogP contribution in [-0.2, 0) is 0 Å². The summed E-state index contributed by atoms with van der Waals surface area (Å²) in [5.74, 6) is 0.718. The Kier molecular flexibility index (Phi) is 5.21. The molecule has 2 atom stereocenters. The third-order valence-corrected chi connectivity index (χ3v) is 4.02. The predicted molar refractivity (Wildman–Crippen MR) is 75.4 cm³/mol. The van der Waals surface area contributed by atoms with E-state index >= 15 is 0 Å². The van der Waals surface area contributed by atoms with Gasteiger partial charge in [0.1, 0.15) is 0 Å². The summed E-state index contributed by atoms with van der Waals surface area (Å²) in [5, 5.41) is 12.9. The Labute approximate surface area is 110 Å². The topological polar surface area (TPSA) is 32.3 Å². The van der Waals surface area contributed by atoms with E-state index in [0.29, 0.717) is 6.04 Å². The van der Waals surface area contributed by atoms with E-state index in [4.69, 9.17) is 0 Å². The minimum Gasteiger partial charge on any atom is -0.395 e. The van der Waals surface area contributed by atoms with Gasteiger partial charge in [-0.05, 0) is 31.2 Å². The molecule has 18 heavy (non-hydrogen) atoms. The van der Waals surface area contributed by atoms with Crippen molar-refractivity contribution in [2.45, 2.75) is 51.1 Å². The highest BCUT2D eigenvalue weighted by Gasteiger charge is 2.25. The molecule has 0 aromatic heterocycles. The van der Waals surface area contributed by atoms with Gasteiger partial charge in [0.15, 0.2) is 0 Å². The van der Waals surface area contributed by atoms with Crippen LogP contribution >= 0.6 is 0 Å². The number of nitrogens with one attached hydrogen (secondary N) is 1. The molecule has 1 aliphatic rings. The molecule has 0 heterocycles. The maximum absolute atomic E-state index is 9.27. The summed E-state index contributed by atoms with van der Waals surface area (Å²) in [6, 6.07) is 11.3. The van der Waals surface area contributed by atoms with Crippen LogP contribution in [0.4, 0.5) is 0 Å². The second-order valence-corrected chi connectivity index (χ2v) is 5.54. The maximum Gasteiger partial charge on any atom is 0.0582 e. The van der Waals surface area contributed by atoms with E-state index in [2.05, 4.69) is 42.6 Å². The van der Waals surface area contributed by atoms with Crippen molar-refractivity contribution in [3.8, 4) is 0 Å². The van der Waals surface area contributed by atoms with E-state index in [1.54, 1.807) is 0 Å². The molecule has 0 spiro atoms. The summed E-state index contributed by atoms with van der Waals surface area (Å²) in [5.41, 5.74) is 1.37. The van der Waals surface area contributed by atoms with Gasteiger partial charge in [0.25, 0.3) is 0 Å². The van der Waals surface area contributed by atoms with Crippen LogP contribution in [0.5, 0.6) is 0 Å². The molecule has 2 rings (SSSR count). The summed E-state index contributed by atoms with van der Waals surface area (Å²) in [4.78, 5) is 0. The lowest BCUT2D eigenvalue weighted by atomic mass is 9.81. The predicted octanol–water partition coefficient (Wildman–Crippen LogP) is 3.28. The van der Waals surface area contributed by atoms with Crippen molar-refractivity contribution in [2.75, 3.05) is 6.61 Å². The highest BCUT2D eigenvalue weighted by molar-refractivity contribution is 5.20. The lowest BCUT2D eigenvalue weighted by Gasteiger charge is -2.33. The van der Waals surface area contributed by atoms with Crippen LogP contribution < -0.4 is 5.32 Å². The molecular formula is C16H25NO. The molecule has 1 aromatic carbocycles. The van der Waals surface area contributed by atoms with Gasteiger partial charge in [-0.2, -0.15) is 0 Å². The molecule has 2 heteroatoms. The molecule has 100 valence electrons. The van der Waals surface area contributed by atoms with Gasteiger partial charge < -0.3 is 10.4 Å². The summed E-state index contributed by atoms with van der Waals surface area (Å²) >= 11 is 0. The first-order valence-corrected chi connectivity index (χ1v) is 7.23. The van der Waals surface area contributed by atoms with Crippen molar-refractivity contribution in [3.63, 3.8) is 0 Å². The number of hydrogen-bond donors (Lipinski definition) is 2. The van der Waals surface area contributed by atoms with Crippen molar-refractivity contribution in [2.24, 2.45) is 5.92 Å². The fourth-order valence-corrected chi connectivity index (χ4v) is 2.99.